The van der Waals surface area contributed by atoms with E-state index in [1.807, 2.05) is 0 Å². The van der Waals surface area contributed by atoms with Crippen LogP contribution in [0, 0.1) is 0 Å². The van der Waals surface area contributed by atoms with E-state index in [0.717, 1.165) is 10.7 Å². The average Bonchev–Trinajstić information content (AvgIpc) is 2.30. The second kappa shape index (κ2) is 2.80. The SMILES string of the molecule is C=CC1=C(C=C)SC(=C)O1. The maximum atomic E-state index is 5.17. The van der Waals surface area contributed by atoms with Gasteiger partial charge in [0.25, 0.3) is 0 Å². The molecule has 0 spiro atoms. The molecule has 0 fully saturated rings. The fourth-order valence-corrected chi connectivity index (χ4v) is 1.34. The van der Waals surface area contributed by atoms with Gasteiger partial charge in [-0.1, -0.05) is 19.2 Å². The lowest BCUT2D eigenvalue weighted by molar-refractivity contribution is 0.363. The quantitative estimate of drug-likeness (QED) is 0.601. The molecule has 1 heterocycles. The van der Waals surface area contributed by atoms with E-state index < -0.39 is 0 Å². The van der Waals surface area contributed by atoms with Crippen LogP contribution in [0.2, 0.25) is 0 Å². The maximum absolute atomic E-state index is 5.17. The first-order valence-corrected chi connectivity index (χ1v) is 3.63. The number of allylic oxidation sites excluding steroid dienone is 2. The van der Waals surface area contributed by atoms with E-state index in [1.165, 1.54) is 11.8 Å². The summed E-state index contributed by atoms with van der Waals surface area (Å²) in [5.74, 6) is 0.755. The second-order valence-electron chi connectivity index (χ2n) is 1.71. The summed E-state index contributed by atoms with van der Waals surface area (Å²) < 4.78 is 5.17. The third kappa shape index (κ3) is 1.16. The van der Waals surface area contributed by atoms with Crippen LogP contribution in [0.1, 0.15) is 0 Å². The van der Waals surface area contributed by atoms with Gasteiger partial charge in [0.15, 0.2) is 5.09 Å². The monoisotopic (exact) mass is 152 g/mol. The summed E-state index contributed by atoms with van der Waals surface area (Å²) in [6.07, 6.45) is 3.39. The van der Waals surface area contributed by atoms with Crippen LogP contribution in [-0.4, -0.2) is 0 Å². The molecule has 1 aliphatic rings. The smallest absolute Gasteiger partial charge is 0.158 e. The summed E-state index contributed by atoms with van der Waals surface area (Å²) in [5.41, 5.74) is 0. The zero-order valence-corrected chi connectivity index (χ0v) is 6.41. The van der Waals surface area contributed by atoms with Crippen LogP contribution in [0.5, 0.6) is 0 Å². The Morgan fingerprint density at radius 3 is 2.40 bits per heavy atom. The highest BCUT2D eigenvalue weighted by molar-refractivity contribution is 8.06. The van der Waals surface area contributed by atoms with Gasteiger partial charge in [0, 0.05) is 0 Å². The fraction of sp³-hybridized carbons (Fsp3) is 0. The third-order valence-corrected chi connectivity index (χ3v) is 1.96. The summed E-state index contributed by atoms with van der Waals surface area (Å²) in [6, 6.07) is 0. The average molecular weight is 152 g/mol. The molecule has 1 aliphatic heterocycles. The van der Waals surface area contributed by atoms with E-state index in [0.29, 0.717) is 5.09 Å². The van der Waals surface area contributed by atoms with Crippen molar-refractivity contribution >= 4 is 11.8 Å². The Bertz CT molecular complexity index is 203. The van der Waals surface area contributed by atoms with Crippen LogP contribution in [-0.2, 0) is 4.74 Å². The van der Waals surface area contributed by atoms with Crippen molar-refractivity contribution in [2.24, 2.45) is 0 Å². The number of hydrogen-bond donors (Lipinski definition) is 0. The topological polar surface area (TPSA) is 9.23 Å². The molecule has 0 aromatic rings. The zero-order chi connectivity index (χ0) is 7.56. The van der Waals surface area contributed by atoms with Gasteiger partial charge in [-0.25, -0.2) is 0 Å². The molecule has 52 valence electrons. The Kier molecular flexibility index (Phi) is 2.02. The van der Waals surface area contributed by atoms with Crippen molar-refractivity contribution in [2.45, 2.75) is 0 Å². The molecule has 0 aromatic heterocycles. The Balaban J connectivity index is 2.90. The highest BCUT2D eigenvalue weighted by Gasteiger charge is 2.14. The van der Waals surface area contributed by atoms with Crippen LogP contribution in [0.25, 0.3) is 0 Å². The van der Waals surface area contributed by atoms with E-state index in [-0.39, 0.29) is 0 Å². The molecule has 0 atom stereocenters. The number of ether oxygens (including phenoxy) is 1. The van der Waals surface area contributed by atoms with E-state index in [4.69, 9.17) is 4.74 Å². The standard InChI is InChI=1S/C8H8OS/c1-4-7-8(5-2)10-6(3)9-7/h4-5H,1-3H2. The van der Waals surface area contributed by atoms with Gasteiger partial charge in [0.2, 0.25) is 0 Å². The lowest BCUT2D eigenvalue weighted by Gasteiger charge is -1.93. The number of rotatable bonds is 2. The molecule has 0 saturated heterocycles. The highest BCUT2D eigenvalue weighted by atomic mass is 32.2. The molecule has 1 rings (SSSR count). The Morgan fingerprint density at radius 1 is 1.30 bits per heavy atom. The predicted molar refractivity (Wildman–Crippen MR) is 45.2 cm³/mol. The van der Waals surface area contributed by atoms with Gasteiger partial charge >= 0.3 is 0 Å². The van der Waals surface area contributed by atoms with Gasteiger partial charge in [-0.3, -0.25) is 0 Å². The first-order valence-electron chi connectivity index (χ1n) is 2.81. The molecular formula is C8H8OS. The Labute approximate surface area is 64.8 Å². The Morgan fingerprint density at radius 2 is 2.00 bits per heavy atom. The first kappa shape index (κ1) is 7.22. The summed E-state index contributed by atoms with van der Waals surface area (Å²) in [4.78, 5) is 0.986. The minimum absolute atomic E-state index is 0.685. The molecule has 2 heteroatoms. The largest absolute Gasteiger partial charge is 0.450 e. The van der Waals surface area contributed by atoms with Crippen molar-refractivity contribution in [1.82, 2.24) is 0 Å². The lowest BCUT2D eigenvalue weighted by Crippen LogP contribution is -1.76. The predicted octanol–water partition coefficient (Wildman–Crippen LogP) is 2.80. The molecule has 1 nitrogen and oxygen atoms in total. The van der Waals surface area contributed by atoms with Gasteiger partial charge in [-0.05, 0) is 24.4 Å². The van der Waals surface area contributed by atoms with E-state index in [1.54, 1.807) is 12.2 Å². The zero-order valence-electron chi connectivity index (χ0n) is 5.59. The van der Waals surface area contributed by atoms with Crippen molar-refractivity contribution in [1.29, 1.82) is 0 Å². The van der Waals surface area contributed by atoms with Gasteiger partial charge in [0.05, 0.1) is 4.91 Å². The molecule has 0 N–H and O–H groups in total. The summed E-state index contributed by atoms with van der Waals surface area (Å²) in [7, 11) is 0. The molecule has 0 unspecified atom stereocenters. The minimum Gasteiger partial charge on any atom is -0.450 e. The van der Waals surface area contributed by atoms with Crippen molar-refractivity contribution < 1.29 is 4.74 Å². The maximum Gasteiger partial charge on any atom is 0.158 e. The molecule has 0 radical (unpaired) electrons. The normalized spacial score (nSPS) is 17.0. The van der Waals surface area contributed by atoms with Gasteiger partial charge < -0.3 is 4.74 Å². The Hall–Kier alpha value is -0.890. The van der Waals surface area contributed by atoms with Gasteiger partial charge in [0.1, 0.15) is 5.76 Å². The lowest BCUT2D eigenvalue weighted by atomic mass is 10.4. The van der Waals surface area contributed by atoms with Crippen LogP contribution in [0.3, 0.4) is 0 Å². The first-order chi connectivity index (χ1) is 4.77. The van der Waals surface area contributed by atoms with Crippen LogP contribution >= 0.6 is 11.8 Å². The molecule has 0 aromatic carbocycles. The van der Waals surface area contributed by atoms with Crippen molar-refractivity contribution in [2.75, 3.05) is 0 Å². The molecule has 0 aliphatic carbocycles. The van der Waals surface area contributed by atoms with Crippen molar-refractivity contribution in [3.63, 3.8) is 0 Å². The highest BCUT2D eigenvalue weighted by Crippen LogP contribution is 2.37. The second-order valence-corrected chi connectivity index (χ2v) is 2.81. The van der Waals surface area contributed by atoms with Crippen molar-refractivity contribution in [3.05, 3.63) is 47.6 Å². The summed E-state index contributed by atoms with van der Waals surface area (Å²) in [5, 5.41) is 0.685. The fourth-order valence-electron chi connectivity index (χ4n) is 0.651. The number of thioether (sulfide) groups is 1. The summed E-state index contributed by atoms with van der Waals surface area (Å²) >= 11 is 1.47. The van der Waals surface area contributed by atoms with E-state index in [2.05, 4.69) is 19.7 Å². The summed E-state index contributed by atoms with van der Waals surface area (Å²) in [6.45, 7) is 10.9. The number of hydrogen-bond acceptors (Lipinski definition) is 2. The minimum atomic E-state index is 0.685. The van der Waals surface area contributed by atoms with Crippen LogP contribution < -0.4 is 0 Å². The molecule has 10 heavy (non-hydrogen) atoms. The van der Waals surface area contributed by atoms with E-state index >= 15 is 0 Å². The van der Waals surface area contributed by atoms with Gasteiger partial charge in [-0.2, -0.15) is 0 Å². The van der Waals surface area contributed by atoms with Gasteiger partial charge in [-0.15, -0.1) is 0 Å². The van der Waals surface area contributed by atoms with E-state index in [9.17, 15) is 0 Å². The molecular weight excluding hydrogens is 144 g/mol. The third-order valence-electron chi connectivity index (χ3n) is 1.06. The molecule has 0 bridgehead atoms. The molecule has 0 saturated carbocycles. The van der Waals surface area contributed by atoms with Crippen LogP contribution in [0.4, 0.5) is 0 Å². The molecule has 0 amide bonds. The van der Waals surface area contributed by atoms with Crippen molar-refractivity contribution in [3.8, 4) is 0 Å². The van der Waals surface area contributed by atoms with Crippen LogP contribution in [0.15, 0.2) is 47.6 Å².